The first-order valence-corrected chi connectivity index (χ1v) is 12.2. The van der Waals surface area contributed by atoms with Gasteiger partial charge in [-0.25, -0.2) is 4.79 Å². The molecule has 37 heavy (non-hydrogen) atoms. The number of carboxylic acid groups (broad SMARTS) is 1. The number of rotatable bonds is 4. The molecule has 0 saturated heterocycles. The van der Waals surface area contributed by atoms with E-state index < -0.39 is 12.1 Å². The van der Waals surface area contributed by atoms with Gasteiger partial charge < -0.3 is 15.2 Å². The minimum atomic E-state index is -5.08. The molecule has 1 fully saturated rings. The molecule has 1 amide bonds. The van der Waals surface area contributed by atoms with Gasteiger partial charge in [-0.2, -0.15) is 13.2 Å². The van der Waals surface area contributed by atoms with E-state index in [0.717, 1.165) is 48.4 Å². The molecule has 9 heteroatoms. The molecule has 3 aromatic rings. The second-order valence-corrected chi connectivity index (χ2v) is 9.26. The van der Waals surface area contributed by atoms with E-state index in [2.05, 4.69) is 22.3 Å². The fraction of sp³-hybridized carbons (Fsp3) is 0.357. The minimum absolute atomic E-state index is 0.137. The van der Waals surface area contributed by atoms with E-state index in [1.165, 1.54) is 30.4 Å². The fourth-order valence-electron chi connectivity index (χ4n) is 4.70. The van der Waals surface area contributed by atoms with Crippen LogP contribution in [0.5, 0.6) is 5.75 Å². The standard InChI is InChI=1S/C26H28N2O2.C2HF3O2/c1-30-25-17-20-6-3-2-5-19(20)16-24(25)26(29)27-22-10-9-18-11-13-28(23-7-4-8-23)14-12-21(18)15-22;3-2(4,5)1(6)7/h2-3,5-6,9-10,15-17,23H,4,7-8,11-14H2,1H3,(H,27,29);(H,6,7). The van der Waals surface area contributed by atoms with Gasteiger partial charge in [0.2, 0.25) is 0 Å². The Hall–Kier alpha value is -3.59. The molecule has 2 aliphatic rings. The molecule has 0 spiro atoms. The molecule has 0 atom stereocenters. The number of nitrogens with zero attached hydrogens (tertiary/aromatic N) is 1. The molecule has 1 heterocycles. The summed E-state index contributed by atoms with van der Waals surface area (Å²) in [7, 11) is 1.61. The number of carbonyl (C=O) groups is 2. The van der Waals surface area contributed by atoms with Crippen LogP contribution in [0.4, 0.5) is 18.9 Å². The largest absolute Gasteiger partial charge is 0.496 e. The maximum Gasteiger partial charge on any atom is 0.490 e. The van der Waals surface area contributed by atoms with Crippen LogP contribution in [0, 0.1) is 0 Å². The third kappa shape index (κ3) is 6.40. The van der Waals surface area contributed by atoms with Crippen LogP contribution >= 0.6 is 0 Å². The van der Waals surface area contributed by atoms with Crippen LogP contribution in [0.25, 0.3) is 10.8 Å². The Bertz CT molecular complexity index is 1290. The van der Waals surface area contributed by atoms with Gasteiger partial charge in [-0.3, -0.25) is 9.69 Å². The van der Waals surface area contributed by atoms with Crippen molar-refractivity contribution in [3.8, 4) is 5.75 Å². The second-order valence-electron chi connectivity index (χ2n) is 9.26. The molecule has 0 unspecified atom stereocenters. The average molecular weight is 515 g/mol. The highest BCUT2D eigenvalue weighted by Crippen LogP contribution is 2.30. The van der Waals surface area contributed by atoms with E-state index in [1.807, 2.05) is 42.5 Å². The van der Waals surface area contributed by atoms with E-state index in [-0.39, 0.29) is 5.91 Å². The van der Waals surface area contributed by atoms with Crippen molar-refractivity contribution in [3.63, 3.8) is 0 Å². The lowest BCUT2D eigenvalue weighted by Crippen LogP contribution is -2.41. The highest BCUT2D eigenvalue weighted by atomic mass is 19.4. The number of ether oxygens (including phenoxy) is 1. The Morgan fingerprint density at radius 3 is 2.16 bits per heavy atom. The summed E-state index contributed by atoms with van der Waals surface area (Å²) in [6, 6.07) is 19.0. The first kappa shape index (κ1) is 26.5. The van der Waals surface area contributed by atoms with Crippen molar-refractivity contribution in [2.24, 2.45) is 0 Å². The third-order valence-electron chi connectivity index (χ3n) is 6.95. The van der Waals surface area contributed by atoms with Gasteiger partial charge >= 0.3 is 12.1 Å². The number of anilines is 1. The predicted molar refractivity (Wildman–Crippen MR) is 135 cm³/mol. The summed E-state index contributed by atoms with van der Waals surface area (Å²) in [5, 5.41) is 12.3. The molecule has 6 nitrogen and oxygen atoms in total. The molecule has 1 aliphatic heterocycles. The smallest absolute Gasteiger partial charge is 0.490 e. The first-order valence-electron chi connectivity index (χ1n) is 12.2. The van der Waals surface area contributed by atoms with Crippen molar-refractivity contribution in [1.82, 2.24) is 4.90 Å². The van der Waals surface area contributed by atoms with Gasteiger partial charge in [0.25, 0.3) is 5.91 Å². The number of nitrogens with one attached hydrogen (secondary N) is 1. The molecular formula is C28H29F3N2O4. The summed E-state index contributed by atoms with van der Waals surface area (Å²) in [6.07, 6.45) is 1.15. The topological polar surface area (TPSA) is 78.9 Å². The average Bonchev–Trinajstić information content (AvgIpc) is 3.04. The lowest BCUT2D eigenvalue weighted by molar-refractivity contribution is -0.192. The van der Waals surface area contributed by atoms with Crippen LogP contribution in [0.1, 0.15) is 40.7 Å². The second kappa shape index (κ2) is 11.2. The van der Waals surface area contributed by atoms with Gasteiger partial charge in [-0.15, -0.1) is 0 Å². The zero-order valence-corrected chi connectivity index (χ0v) is 20.5. The van der Waals surface area contributed by atoms with Crippen molar-refractivity contribution in [3.05, 3.63) is 71.3 Å². The van der Waals surface area contributed by atoms with Gasteiger partial charge in [-0.05, 0) is 71.8 Å². The van der Waals surface area contributed by atoms with Crippen molar-refractivity contribution in [1.29, 1.82) is 0 Å². The van der Waals surface area contributed by atoms with Crippen molar-refractivity contribution in [2.45, 2.75) is 44.3 Å². The first-order chi connectivity index (χ1) is 17.7. The highest BCUT2D eigenvalue weighted by Gasteiger charge is 2.38. The maximum atomic E-state index is 13.1. The van der Waals surface area contributed by atoms with Gasteiger partial charge in [0, 0.05) is 24.8 Å². The lowest BCUT2D eigenvalue weighted by Gasteiger charge is -2.36. The Morgan fingerprint density at radius 1 is 0.973 bits per heavy atom. The summed E-state index contributed by atoms with van der Waals surface area (Å²) in [5.74, 6) is -2.30. The number of halogens is 3. The number of hydrogen-bond donors (Lipinski definition) is 2. The summed E-state index contributed by atoms with van der Waals surface area (Å²) >= 11 is 0. The lowest BCUT2D eigenvalue weighted by atomic mass is 9.91. The molecular weight excluding hydrogens is 485 g/mol. The van der Waals surface area contributed by atoms with Gasteiger partial charge in [0.05, 0.1) is 12.7 Å². The van der Waals surface area contributed by atoms with Crippen LogP contribution in [-0.4, -0.2) is 54.3 Å². The van der Waals surface area contributed by atoms with Crippen molar-refractivity contribution in [2.75, 3.05) is 25.5 Å². The zero-order chi connectivity index (χ0) is 26.6. The van der Waals surface area contributed by atoms with Crippen molar-refractivity contribution < 1.29 is 32.6 Å². The molecule has 5 rings (SSSR count). The van der Waals surface area contributed by atoms with Crippen LogP contribution in [-0.2, 0) is 17.6 Å². The molecule has 196 valence electrons. The molecule has 2 N–H and O–H groups in total. The fourth-order valence-corrected chi connectivity index (χ4v) is 4.70. The summed E-state index contributed by atoms with van der Waals surface area (Å²) in [4.78, 5) is 24.6. The molecule has 1 saturated carbocycles. The minimum Gasteiger partial charge on any atom is -0.496 e. The van der Waals surface area contributed by atoms with Gasteiger partial charge in [0.1, 0.15) is 5.75 Å². The number of benzene rings is 3. The molecule has 0 bridgehead atoms. The van der Waals surface area contributed by atoms with E-state index >= 15 is 0 Å². The Balaban J connectivity index is 0.000000405. The summed E-state index contributed by atoms with van der Waals surface area (Å²) in [6.45, 7) is 2.27. The summed E-state index contributed by atoms with van der Waals surface area (Å²) < 4.78 is 37.2. The van der Waals surface area contributed by atoms with Crippen LogP contribution in [0.15, 0.2) is 54.6 Å². The normalized spacial score (nSPS) is 16.0. The Labute approximate surface area is 213 Å². The number of alkyl halides is 3. The summed E-state index contributed by atoms with van der Waals surface area (Å²) in [5.41, 5.74) is 4.19. The SMILES string of the molecule is COc1cc2ccccc2cc1C(=O)Nc1ccc2c(c1)CCN(C1CCC1)CC2.O=C(O)C(F)(F)F. The van der Waals surface area contributed by atoms with Crippen LogP contribution in [0.2, 0.25) is 0 Å². The van der Waals surface area contributed by atoms with E-state index in [0.29, 0.717) is 11.3 Å². The van der Waals surface area contributed by atoms with Crippen LogP contribution in [0.3, 0.4) is 0 Å². The maximum absolute atomic E-state index is 13.1. The van der Waals surface area contributed by atoms with E-state index in [1.54, 1.807) is 7.11 Å². The number of hydrogen-bond acceptors (Lipinski definition) is 4. The number of amides is 1. The van der Waals surface area contributed by atoms with E-state index in [4.69, 9.17) is 14.6 Å². The molecule has 1 aliphatic carbocycles. The van der Waals surface area contributed by atoms with Gasteiger partial charge in [0.15, 0.2) is 0 Å². The van der Waals surface area contributed by atoms with Gasteiger partial charge in [-0.1, -0.05) is 36.8 Å². The monoisotopic (exact) mass is 514 g/mol. The molecule has 3 aromatic carbocycles. The number of carbonyl (C=O) groups excluding carboxylic acids is 1. The predicted octanol–water partition coefficient (Wildman–Crippen LogP) is 5.69. The van der Waals surface area contributed by atoms with Crippen molar-refractivity contribution >= 4 is 28.3 Å². The third-order valence-corrected chi connectivity index (χ3v) is 6.95. The molecule has 0 aromatic heterocycles. The van der Waals surface area contributed by atoms with Crippen LogP contribution < -0.4 is 10.1 Å². The number of aliphatic carboxylic acids is 1. The number of carboxylic acids is 1. The quantitative estimate of drug-likeness (QED) is 0.468. The van der Waals surface area contributed by atoms with E-state index in [9.17, 15) is 18.0 Å². The Kier molecular flexibility index (Phi) is 8.02. The number of methoxy groups -OCH3 is 1. The number of fused-ring (bicyclic) bond motifs is 2. The molecule has 0 radical (unpaired) electrons. The zero-order valence-electron chi connectivity index (χ0n) is 20.5. The highest BCUT2D eigenvalue weighted by molar-refractivity contribution is 6.08. The Morgan fingerprint density at radius 2 is 1.59 bits per heavy atom.